The van der Waals surface area contributed by atoms with Gasteiger partial charge in [-0.05, 0) is 43.3 Å². The Morgan fingerprint density at radius 3 is 2.43 bits per heavy atom. The van der Waals surface area contributed by atoms with Crippen molar-refractivity contribution in [2.75, 3.05) is 4.72 Å². The Morgan fingerprint density at radius 2 is 1.71 bits per heavy atom. The van der Waals surface area contributed by atoms with Crippen LogP contribution in [0.1, 0.15) is 17.3 Å². The number of sulfonamides is 1. The molecule has 1 N–H and O–H groups in total. The molecule has 0 unspecified atom stereocenters. The van der Waals surface area contributed by atoms with Crippen LogP contribution in [0.3, 0.4) is 0 Å². The zero-order valence-corrected chi connectivity index (χ0v) is 16.5. The fourth-order valence-corrected chi connectivity index (χ4v) is 4.81. The summed E-state index contributed by atoms with van der Waals surface area (Å²) in [5, 5.41) is 0.827. The summed E-state index contributed by atoms with van der Waals surface area (Å²) in [6.07, 6.45) is 0. The molecule has 0 spiro atoms. The van der Waals surface area contributed by atoms with E-state index >= 15 is 0 Å². The maximum Gasteiger partial charge on any atom is 0.261 e. The maximum atomic E-state index is 12.7. The number of anilines is 1. The highest BCUT2D eigenvalue weighted by molar-refractivity contribution is 7.92. The van der Waals surface area contributed by atoms with Gasteiger partial charge < -0.3 is 0 Å². The number of nitrogens with zero attached hydrogens (tertiary/aromatic N) is 1. The van der Waals surface area contributed by atoms with E-state index in [1.165, 1.54) is 31.2 Å². The van der Waals surface area contributed by atoms with Gasteiger partial charge in [0.1, 0.15) is 5.01 Å². The predicted molar refractivity (Wildman–Crippen MR) is 112 cm³/mol. The van der Waals surface area contributed by atoms with Gasteiger partial charge in [0.15, 0.2) is 5.78 Å². The van der Waals surface area contributed by atoms with E-state index in [1.807, 2.05) is 30.3 Å². The molecule has 0 aliphatic carbocycles. The number of nitrogens with one attached hydrogen (secondary N) is 1. The summed E-state index contributed by atoms with van der Waals surface area (Å²) in [6, 6.07) is 20.9. The number of fused-ring (bicyclic) bond motifs is 1. The number of benzene rings is 3. The molecule has 4 rings (SSSR count). The lowest BCUT2D eigenvalue weighted by atomic mass is 10.2. The number of para-hydroxylation sites is 1. The highest BCUT2D eigenvalue weighted by Crippen LogP contribution is 2.31. The van der Waals surface area contributed by atoms with E-state index in [1.54, 1.807) is 29.5 Å². The number of Topliss-reactive ketones (excluding diaryl/α,β-unsaturated/α-hetero) is 1. The van der Waals surface area contributed by atoms with Crippen molar-refractivity contribution in [2.45, 2.75) is 11.8 Å². The van der Waals surface area contributed by atoms with Crippen LogP contribution in [0.2, 0.25) is 0 Å². The smallest absolute Gasteiger partial charge is 0.261 e. The Hall–Kier alpha value is -3.03. The van der Waals surface area contributed by atoms with Gasteiger partial charge in [-0.1, -0.05) is 36.4 Å². The summed E-state index contributed by atoms with van der Waals surface area (Å²) in [7, 11) is -3.76. The van der Waals surface area contributed by atoms with Gasteiger partial charge in [-0.3, -0.25) is 9.52 Å². The molecule has 1 aromatic heterocycles. The van der Waals surface area contributed by atoms with Crippen molar-refractivity contribution in [1.29, 1.82) is 0 Å². The SMILES string of the molecule is CC(=O)c1ccc(S(=O)(=O)Nc2cccc(-c3nc4ccccc4s3)c2)cc1. The lowest BCUT2D eigenvalue weighted by Crippen LogP contribution is -2.13. The van der Waals surface area contributed by atoms with Crippen LogP contribution in [0, 0.1) is 0 Å². The van der Waals surface area contributed by atoms with Crippen LogP contribution in [0.25, 0.3) is 20.8 Å². The monoisotopic (exact) mass is 408 g/mol. The minimum absolute atomic E-state index is 0.0999. The first-order chi connectivity index (χ1) is 13.4. The minimum atomic E-state index is -3.76. The lowest BCUT2D eigenvalue weighted by Gasteiger charge is -2.09. The van der Waals surface area contributed by atoms with Crippen molar-refractivity contribution >= 4 is 43.0 Å². The zero-order valence-electron chi connectivity index (χ0n) is 14.9. The summed E-state index contributed by atoms with van der Waals surface area (Å²) in [5.74, 6) is -0.111. The molecule has 0 aliphatic rings. The van der Waals surface area contributed by atoms with Crippen molar-refractivity contribution in [3.63, 3.8) is 0 Å². The summed E-state index contributed by atoms with van der Waals surface area (Å²) < 4.78 is 29.0. The van der Waals surface area contributed by atoms with E-state index in [2.05, 4.69) is 9.71 Å². The normalized spacial score (nSPS) is 11.5. The maximum absolute atomic E-state index is 12.7. The third kappa shape index (κ3) is 3.67. The molecule has 7 heteroatoms. The van der Waals surface area contributed by atoms with Gasteiger partial charge in [-0.15, -0.1) is 11.3 Å². The second-order valence-electron chi connectivity index (χ2n) is 6.25. The van der Waals surface area contributed by atoms with Crippen molar-refractivity contribution in [1.82, 2.24) is 4.98 Å². The number of ketones is 1. The molecule has 0 bridgehead atoms. The van der Waals surface area contributed by atoms with Crippen LogP contribution in [0.4, 0.5) is 5.69 Å². The molecule has 0 radical (unpaired) electrons. The van der Waals surface area contributed by atoms with Gasteiger partial charge >= 0.3 is 0 Å². The fourth-order valence-electron chi connectivity index (χ4n) is 2.79. The van der Waals surface area contributed by atoms with Gasteiger partial charge in [-0.2, -0.15) is 0 Å². The number of thiazole rings is 1. The number of hydrogen-bond donors (Lipinski definition) is 1. The van der Waals surface area contributed by atoms with E-state index in [0.717, 1.165) is 20.8 Å². The lowest BCUT2D eigenvalue weighted by molar-refractivity contribution is 0.101. The van der Waals surface area contributed by atoms with Crippen molar-refractivity contribution in [3.05, 3.63) is 78.4 Å². The van der Waals surface area contributed by atoms with Crippen LogP contribution >= 0.6 is 11.3 Å². The molecule has 5 nitrogen and oxygen atoms in total. The molecular formula is C21H16N2O3S2. The topological polar surface area (TPSA) is 76.1 Å². The van der Waals surface area contributed by atoms with Crippen molar-refractivity contribution < 1.29 is 13.2 Å². The molecule has 0 aliphatic heterocycles. The van der Waals surface area contributed by atoms with Crippen LogP contribution in [-0.2, 0) is 10.0 Å². The zero-order chi connectivity index (χ0) is 19.7. The van der Waals surface area contributed by atoms with Gasteiger partial charge in [0, 0.05) is 16.8 Å². The second-order valence-corrected chi connectivity index (χ2v) is 8.97. The van der Waals surface area contributed by atoms with Crippen LogP contribution in [-0.4, -0.2) is 19.2 Å². The van der Waals surface area contributed by atoms with Gasteiger partial charge in [0.25, 0.3) is 10.0 Å². The van der Waals surface area contributed by atoms with Gasteiger partial charge in [0.05, 0.1) is 15.1 Å². The number of aromatic nitrogens is 1. The number of carbonyl (C=O) groups excluding carboxylic acids is 1. The summed E-state index contributed by atoms with van der Waals surface area (Å²) in [5.41, 5.74) is 2.68. The summed E-state index contributed by atoms with van der Waals surface area (Å²) in [6.45, 7) is 1.44. The molecule has 0 fully saturated rings. The largest absolute Gasteiger partial charge is 0.295 e. The molecule has 140 valence electrons. The average Bonchev–Trinajstić information content (AvgIpc) is 3.12. The van der Waals surface area contributed by atoms with E-state index in [4.69, 9.17) is 0 Å². The molecule has 3 aromatic carbocycles. The number of hydrogen-bond acceptors (Lipinski definition) is 5. The highest BCUT2D eigenvalue weighted by Gasteiger charge is 2.15. The fraction of sp³-hybridized carbons (Fsp3) is 0.0476. The molecule has 28 heavy (non-hydrogen) atoms. The average molecular weight is 409 g/mol. The summed E-state index contributed by atoms with van der Waals surface area (Å²) >= 11 is 1.56. The first kappa shape index (κ1) is 18.3. The van der Waals surface area contributed by atoms with E-state index in [-0.39, 0.29) is 10.7 Å². The van der Waals surface area contributed by atoms with Crippen molar-refractivity contribution in [3.8, 4) is 10.6 Å². The Kier molecular flexibility index (Phi) is 4.70. The summed E-state index contributed by atoms with van der Waals surface area (Å²) in [4.78, 5) is 16.1. The van der Waals surface area contributed by atoms with Gasteiger partial charge in [0.2, 0.25) is 0 Å². The van der Waals surface area contributed by atoms with Crippen molar-refractivity contribution in [2.24, 2.45) is 0 Å². The van der Waals surface area contributed by atoms with E-state index in [9.17, 15) is 13.2 Å². The van der Waals surface area contributed by atoms with E-state index < -0.39 is 10.0 Å². The van der Waals surface area contributed by atoms with Crippen LogP contribution < -0.4 is 4.72 Å². The Morgan fingerprint density at radius 1 is 0.964 bits per heavy atom. The Labute approximate surface area is 166 Å². The van der Waals surface area contributed by atoms with Crippen LogP contribution in [0.5, 0.6) is 0 Å². The van der Waals surface area contributed by atoms with Crippen LogP contribution in [0.15, 0.2) is 77.7 Å². The molecule has 0 saturated heterocycles. The third-order valence-corrected chi connectivity index (χ3v) is 6.71. The molecule has 0 saturated carbocycles. The quantitative estimate of drug-likeness (QED) is 0.473. The molecule has 0 amide bonds. The predicted octanol–water partition coefficient (Wildman–Crippen LogP) is 4.97. The molecule has 0 atom stereocenters. The first-order valence-electron chi connectivity index (χ1n) is 8.52. The first-order valence-corrected chi connectivity index (χ1v) is 10.8. The highest BCUT2D eigenvalue weighted by atomic mass is 32.2. The van der Waals surface area contributed by atoms with E-state index in [0.29, 0.717) is 11.3 Å². The Balaban J connectivity index is 1.63. The Bertz CT molecular complexity index is 1240. The molecule has 1 heterocycles. The standard InChI is InChI=1S/C21H16N2O3S2/c1-14(24)15-9-11-18(12-10-15)28(25,26)23-17-6-4-5-16(13-17)21-22-19-7-2-3-8-20(19)27-21/h2-13,23H,1H3. The third-order valence-electron chi connectivity index (χ3n) is 4.23. The number of carbonyl (C=O) groups is 1. The molecule has 4 aromatic rings. The molecular weight excluding hydrogens is 392 g/mol. The second kappa shape index (κ2) is 7.18. The minimum Gasteiger partial charge on any atom is -0.295 e. The van der Waals surface area contributed by atoms with Gasteiger partial charge in [-0.25, -0.2) is 13.4 Å². The number of rotatable bonds is 5.